The minimum Gasteiger partial charge on any atom is -0.293 e. The summed E-state index contributed by atoms with van der Waals surface area (Å²) in [5.74, 6) is -0.154. The molecule has 3 aromatic carbocycles. The van der Waals surface area contributed by atoms with Crippen molar-refractivity contribution in [1.82, 2.24) is 0 Å². The number of rotatable bonds is 3. The van der Waals surface area contributed by atoms with E-state index in [-0.39, 0.29) is 5.78 Å². The maximum absolute atomic E-state index is 13.0. The predicted molar refractivity (Wildman–Crippen MR) is 106 cm³/mol. The van der Waals surface area contributed by atoms with E-state index in [0.29, 0.717) is 6.42 Å². The third-order valence-corrected chi connectivity index (χ3v) is 5.52. The summed E-state index contributed by atoms with van der Waals surface area (Å²) in [7, 11) is 0. The molecular weight excluding hydrogens is 330 g/mol. The number of benzene rings is 3. The Balaban J connectivity index is 1.98. The molecule has 3 aromatic rings. The van der Waals surface area contributed by atoms with E-state index >= 15 is 0 Å². The van der Waals surface area contributed by atoms with Gasteiger partial charge in [0, 0.05) is 5.41 Å². The molecular formula is C25H19NO. The predicted octanol–water partition coefficient (Wildman–Crippen LogP) is 4.96. The van der Waals surface area contributed by atoms with Gasteiger partial charge in [-0.1, -0.05) is 97.1 Å². The van der Waals surface area contributed by atoms with Crippen LogP contribution in [0.1, 0.15) is 23.1 Å². The van der Waals surface area contributed by atoms with Crippen molar-refractivity contribution in [2.45, 2.75) is 17.3 Å². The Morgan fingerprint density at radius 2 is 1.15 bits per heavy atom. The number of carbonyl (C=O) groups is 1. The van der Waals surface area contributed by atoms with Crippen LogP contribution in [0.3, 0.4) is 0 Å². The van der Waals surface area contributed by atoms with E-state index in [4.69, 9.17) is 0 Å². The summed E-state index contributed by atoms with van der Waals surface area (Å²) in [6.45, 7) is 0. The van der Waals surface area contributed by atoms with E-state index in [1.54, 1.807) is 6.08 Å². The lowest BCUT2D eigenvalue weighted by molar-refractivity contribution is -0.119. The molecule has 27 heavy (non-hydrogen) atoms. The molecule has 0 aromatic heterocycles. The molecule has 1 aliphatic carbocycles. The standard InChI is InChI=1S/C25H19NO/c26-19-25(22-14-8-3-9-15-22)18-24(17-16-23(25)27,20-10-4-1-5-11-20)21-12-6-2-7-13-21/h1-17H,18H2/t25-/m1/s1. The van der Waals surface area contributed by atoms with Gasteiger partial charge in [-0.05, 0) is 29.2 Å². The molecule has 2 heteroatoms. The highest BCUT2D eigenvalue weighted by molar-refractivity contribution is 6.03. The summed E-state index contributed by atoms with van der Waals surface area (Å²) >= 11 is 0. The number of allylic oxidation sites excluding steroid dienone is 2. The number of hydrogen-bond donors (Lipinski definition) is 0. The zero-order valence-corrected chi connectivity index (χ0v) is 14.9. The molecule has 1 atom stereocenters. The highest BCUT2D eigenvalue weighted by atomic mass is 16.1. The lowest BCUT2D eigenvalue weighted by atomic mass is 9.58. The molecule has 4 rings (SSSR count). The lowest BCUT2D eigenvalue weighted by Gasteiger charge is -2.41. The topological polar surface area (TPSA) is 40.9 Å². The Hall–Kier alpha value is -3.44. The summed E-state index contributed by atoms with van der Waals surface area (Å²) in [6.07, 6.45) is 3.95. The van der Waals surface area contributed by atoms with Crippen LogP contribution in [0.15, 0.2) is 103 Å². The van der Waals surface area contributed by atoms with Crippen molar-refractivity contribution in [3.8, 4) is 6.07 Å². The van der Waals surface area contributed by atoms with Gasteiger partial charge in [-0.25, -0.2) is 0 Å². The van der Waals surface area contributed by atoms with Gasteiger partial charge in [0.25, 0.3) is 0 Å². The third-order valence-electron chi connectivity index (χ3n) is 5.52. The fourth-order valence-corrected chi connectivity index (χ4v) is 4.09. The van der Waals surface area contributed by atoms with Crippen molar-refractivity contribution < 1.29 is 4.79 Å². The van der Waals surface area contributed by atoms with Crippen molar-refractivity contribution >= 4 is 5.78 Å². The Labute approximate surface area is 159 Å². The van der Waals surface area contributed by atoms with Gasteiger partial charge in [0.15, 0.2) is 5.78 Å². The van der Waals surface area contributed by atoms with E-state index in [9.17, 15) is 10.1 Å². The first-order chi connectivity index (χ1) is 13.2. The first-order valence-electron chi connectivity index (χ1n) is 9.03. The monoisotopic (exact) mass is 349 g/mol. The van der Waals surface area contributed by atoms with Crippen LogP contribution in [0.5, 0.6) is 0 Å². The molecule has 0 heterocycles. The molecule has 0 fully saturated rings. The van der Waals surface area contributed by atoms with Crippen molar-refractivity contribution in [3.63, 3.8) is 0 Å². The number of carbonyl (C=O) groups excluding carboxylic acids is 1. The molecule has 0 unspecified atom stereocenters. The van der Waals surface area contributed by atoms with Crippen LogP contribution in [0.4, 0.5) is 0 Å². The van der Waals surface area contributed by atoms with Gasteiger partial charge in [0.05, 0.1) is 6.07 Å². The van der Waals surface area contributed by atoms with Gasteiger partial charge in [0.1, 0.15) is 5.41 Å². The Bertz CT molecular complexity index is 977. The van der Waals surface area contributed by atoms with Crippen LogP contribution >= 0.6 is 0 Å². The average molecular weight is 349 g/mol. The summed E-state index contributed by atoms with van der Waals surface area (Å²) < 4.78 is 0. The fourth-order valence-electron chi connectivity index (χ4n) is 4.09. The summed E-state index contributed by atoms with van der Waals surface area (Å²) in [5.41, 5.74) is 1.16. The first kappa shape index (κ1) is 17.0. The molecule has 0 aliphatic heterocycles. The van der Waals surface area contributed by atoms with Gasteiger partial charge in [-0.3, -0.25) is 4.79 Å². The first-order valence-corrected chi connectivity index (χ1v) is 9.03. The number of hydrogen-bond acceptors (Lipinski definition) is 2. The molecule has 1 aliphatic rings. The van der Waals surface area contributed by atoms with E-state index in [1.165, 1.54) is 0 Å². The maximum Gasteiger partial charge on any atom is 0.180 e. The molecule has 0 saturated heterocycles. The Morgan fingerprint density at radius 1 is 0.704 bits per heavy atom. The number of nitrogens with zero attached hydrogens (tertiary/aromatic N) is 1. The minimum atomic E-state index is -1.21. The summed E-state index contributed by atoms with van der Waals surface area (Å²) in [6, 6.07) is 32.0. The smallest absolute Gasteiger partial charge is 0.180 e. The molecule has 2 nitrogen and oxygen atoms in total. The highest BCUT2D eigenvalue weighted by Crippen LogP contribution is 2.48. The lowest BCUT2D eigenvalue weighted by Crippen LogP contribution is -2.45. The van der Waals surface area contributed by atoms with Crippen LogP contribution < -0.4 is 0 Å². The second kappa shape index (κ2) is 6.70. The molecule has 0 saturated carbocycles. The summed E-state index contributed by atoms with van der Waals surface area (Å²) in [5, 5.41) is 10.2. The zero-order valence-electron chi connectivity index (χ0n) is 14.9. The van der Waals surface area contributed by atoms with Crippen LogP contribution in [-0.4, -0.2) is 5.78 Å². The number of ketones is 1. The average Bonchev–Trinajstić information content (AvgIpc) is 2.76. The highest BCUT2D eigenvalue weighted by Gasteiger charge is 2.50. The molecule has 130 valence electrons. The maximum atomic E-state index is 13.0. The van der Waals surface area contributed by atoms with Crippen LogP contribution in [0.25, 0.3) is 0 Å². The Morgan fingerprint density at radius 3 is 1.59 bits per heavy atom. The second-order valence-corrected chi connectivity index (χ2v) is 6.96. The van der Waals surface area contributed by atoms with Crippen molar-refractivity contribution in [1.29, 1.82) is 5.26 Å². The van der Waals surface area contributed by atoms with Gasteiger partial charge in [0.2, 0.25) is 0 Å². The molecule has 0 bridgehead atoms. The molecule has 0 amide bonds. The van der Waals surface area contributed by atoms with Gasteiger partial charge in [-0.15, -0.1) is 0 Å². The van der Waals surface area contributed by atoms with Crippen LogP contribution in [0, 0.1) is 11.3 Å². The molecule has 0 N–H and O–H groups in total. The molecule has 0 radical (unpaired) electrons. The third kappa shape index (κ3) is 2.69. The SMILES string of the molecule is N#C[C@@]1(c2ccccc2)CC(c2ccccc2)(c2ccccc2)C=CC1=O. The van der Waals surface area contributed by atoms with Crippen molar-refractivity contribution in [3.05, 3.63) is 120 Å². The van der Waals surface area contributed by atoms with E-state index in [0.717, 1.165) is 16.7 Å². The largest absolute Gasteiger partial charge is 0.293 e. The summed E-state index contributed by atoms with van der Waals surface area (Å²) in [4.78, 5) is 13.0. The van der Waals surface area contributed by atoms with Crippen molar-refractivity contribution in [2.75, 3.05) is 0 Å². The van der Waals surface area contributed by atoms with Crippen LogP contribution in [0.2, 0.25) is 0 Å². The van der Waals surface area contributed by atoms with E-state index in [2.05, 4.69) is 30.3 Å². The number of nitriles is 1. The fraction of sp³-hybridized carbons (Fsp3) is 0.120. The minimum absolute atomic E-state index is 0.154. The zero-order chi connectivity index (χ0) is 18.7. The second-order valence-electron chi connectivity index (χ2n) is 6.96. The quantitative estimate of drug-likeness (QED) is 0.670. The van der Waals surface area contributed by atoms with Gasteiger partial charge < -0.3 is 0 Å². The van der Waals surface area contributed by atoms with Gasteiger partial charge in [-0.2, -0.15) is 5.26 Å². The Kier molecular flexibility index (Phi) is 4.22. The normalized spacial score (nSPS) is 20.8. The van der Waals surface area contributed by atoms with Gasteiger partial charge >= 0.3 is 0 Å². The van der Waals surface area contributed by atoms with E-state index in [1.807, 2.05) is 72.8 Å². The molecule has 0 spiro atoms. The van der Waals surface area contributed by atoms with Crippen LogP contribution in [-0.2, 0) is 15.6 Å². The van der Waals surface area contributed by atoms with E-state index < -0.39 is 10.8 Å². The van der Waals surface area contributed by atoms with Crippen molar-refractivity contribution in [2.24, 2.45) is 0 Å².